The largest absolute Gasteiger partial charge is 0.461 e. The highest BCUT2D eigenvalue weighted by Gasteiger charge is 2.24. The molecule has 0 radical (unpaired) electrons. The van der Waals surface area contributed by atoms with Crippen molar-refractivity contribution in [2.45, 2.75) is 65.4 Å². The molecule has 2 amide bonds. The van der Waals surface area contributed by atoms with E-state index in [2.05, 4.69) is 22.5 Å². The van der Waals surface area contributed by atoms with Crippen LogP contribution >= 0.6 is 0 Å². The highest BCUT2D eigenvalue weighted by molar-refractivity contribution is 5.69. The predicted molar refractivity (Wildman–Crippen MR) is 111 cm³/mol. The molecule has 0 aliphatic carbocycles. The Bertz CT molecular complexity index is 761. The van der Waals surface area contributed by atoms with Gasteiger partial charge in [-0.25, -0.2) is 9.59 Å². The lowest BCUT2D eigenvalue weighted by molar-refractivity contribution is -0.146. The van der Waals surface area contributed by atoms with E-state index in [0.717, 1.165) is 5.56 Å². The summed E-state index contributed by atoms with van der Waals surface area (Å²) in [5.74, 6) is 5.17. The van der Waals surface area contributed by atoms with E-state index in [1.54, 1.807) is 27.7 Å². The maximum Gasteiger partial charge on any atom is 0.408 e. The molecule has 1 rings (SSSR count). The van der Waals surface area contributed by atoms with Crippen molar-refractivity contribution in [2.24, 2.45) is 0 Å². The molecule has 0 saturated carbocycles. The molecule has 0 bridgehead atoms. The number of ether oxygens (including phenoxy) is 3. The van der Waals surface area contributed by atoms with Gasteiger partial charge in [-0.1, -0.05) is 42.2 Å². The molecule has 0 aromatic heterocycles. The molecule has 8 nitrogen and oxygen atoms in total. The van der Waals surface area contributed by atoms with Crippen LogP contribution in [0.4, 0.5) is 9.59 Å². The van der Waals surface area contributed by atoms with Crippen molar-refractivity contribution in [1.29, 1.82) is 0 Å². The summed E-state index contributed by atoms with van der Waals surface area (Å²) in [7, 11) is 0. The van der Waals surface area contributed by atoms with Gasteiger partial charge in [0.2, 0.25) is 0 Å². The maximum atomic E-state index is 12.0. The highest BCUT2D eigenvalue weighted by Crippen LogP contribution is 2.09. The van der Waals surface area contributed by atoms with Crippen LogP contribution in [0.1, 0.15) is 46.6 Å². The van der Waals surface area contributed by atoms with E-state index >= 15 is 0 Å². The fourth-order valence-electron chi connectivity index (χ4n) is 2.27. The number of hydrogen-bond acceptors (Lipinski definition) is 6. The third kappa shape index (κ3) is 11.6. The topological polar surface area (TPSA) is 103 Å². The lowest BCUT2D eigenvalue weighted by Gasteiger charge is -2.26. The van der Waals surface area contributed by atoms with Crippen LogP contribution in [0.25, 0.3) is 0 Å². The number of benzene rings is 1. The molecule has 2 atom stereocenters. The van der Waals surface area contributed by atoms with E-state index < -0.39 is 35.9 Å². The van der Waals surface area contributed by atoms with Crippen molar-refractivity contribution >= 4 is 18.2 Å². The molecule has 0 fully saturated rings. The summed E-state index contributed by atoms with van der Waals surface area (Å²) in [4.78, 5) is 34.9. The zero-order chi connectivity index (χ0) is 22.6. The second-order valence-electron chi connectivity index (χ2n) is 7.54. The fourth-order valence-corrected chi connectivity index (χ4v) is 2.27. The van der Waals surface area contributed by atoms with Gasteiger partial charge < -0.3 is 24.8 Å². The molecule has 0 spiro atoms. The van der Waals surface area contributed by atoms with Crippen LogP contribution in [-0.4, -0.2) is 42.4 Å². The molecule has 0 aliphatic heterocycles. The van der Waals surface area contributed by atoms with Gasteiger partial charge in [-0.3, -0.25) is 4.79 Å². The molecule has 2 unspecified atom stereocenters. The molecule has 2 N–H and O–H groups in total. The van der Waals surface area contributed by atoms with Crippen LogP contribution < -0.4 is 10.6 Å². The molecular formula is C22H30N2O6. The first kappa shape index (κ1) is 24.8. The smallest absolute Gasteiger partial charge is 0.408 e. The number of amides is 2. The number of esters is 1. The Morgan fingerprint density at radius 3 is 2.33 bits per heavy atom. The first-order valence-electron chi connectivity index (χ1n) is 9.64. The lowest BCUT2D eigenvalue weighted by Crippen LogP contribution is -2.45. The minimum atomic E-state index is -0.658. The van der Waals surface area contributed by atoms with E-state index in [0.29, 0.717) is 0 Å². The normalized spacial score (nSPS) is 12.4. The second kappa shape index (κ2) is 12.4. The molecule has 1 aromatic rings. The van der Waals surface area contributed by atoms with E-state index in [-0.39, 0.29) is 19.6 Å². The molecule has 0 aliphatic rings. The van der Waals surface area contributed by atoms with Crippen LogP contribution in [0.5, 0.6) is 0 Å². The van der Waals surface area contributed by atoms with E-state index in [9.17, 15) is 14.4 Å². The number of hydrogen-bond donors (Lipinski definition) is 2. The van der Waals surface area contributed by atoms with Gasteiger partial charge in [-0.15, -0.1) is 0 Å². The van der Waals surface area contributed by atoms with Crippen molar-refractivity contribution in [3.8, 4) is 11.8 Å². The van der Waals surface area contributed by atoms with Crippen LogP contribution in [0, 0.1) is 11.8 Å². The van der Waals surface area contributed by atoms with Gasteiger partial charge in [0.15, 0.2) is 0 Å². The van der Waals surface area contributed by atoms with Crippen molar-refractivity contribution in [1.82, 2.24) is 10.6 Å². The first-order chi connectivity index (χ1) is 14.1. The van der Waals surface area contributed by atoms with Gasteiger partial charge >= 0.3 is 18.2 Å². The standard InChI is InChI=1S/C22H30N2O6/c1-16(29-17(2)25)19(24-21(27)30-22(3,4)5)13-9-10-14-23-20(26)28-15-18-11-7-6-8-12-18/h6-8,11-12,16,19H,13-15H2,1-5H3,(H,23,26)(H,24,27). The lowest BCUT2D eigenvalue weighted by atomic mass is 10.1. The number of carbonyl (C=O) groups excluding carboxylic acids is 3. The number of alkyl carbamates (subject to hydrolysis) is 2. The van der Waals surface area contributed by atoms with Crippen LogP contribution in [0.2, 0.25) is 0 Å². The zero-order valence-electron chi connectivity index (χ0n) is 18.1. The summed E-state index contributed by atoms with van der Waals surface area (Å²) in [5.41, 5.74) is 0.226. The maximum absolute atomic E-state index is 12.0. The third-order valence-corrected chi connectivity index (χ3v) is 3.60. The summed E-state index contributed by atoms with van der Waals surface area (Å²) in [6.07, 6.45) is -1.61. The summed E-state index contributed by atoms with van der Waals surface area (Å²) in [6.45, 7) is 8.44. The summed E-state index contributed by atoms with van der Waals surface area (Å²) in [5, 5.41) is 5.19. The van der Waals surface area contributed by atoms with Gasteiger partial charge in [0.25, 0.3) is 0 Å². The SMILES string of the molecule is CC(=O)OC(C)C(CC#CCNC(=O)OCc1ccccc1)NC(=O)OC(C)(C)C. The Balaban J connectivity index is 2.49. The second-order valence-corrected chi connectivity index (χ2v) is 7.54. The molecule has 1 aromatic carbocycles. The predicted octanol–water partition coefficient (Wildman–Crippen LogP) is 3.15. The van der Waals surface area contributed by atoms with E-state index in [1.807, 2.05) is 30.3 Å². The van der Waals surface area contributed by atoms with Crippen molar-refractivity contribution in [3.63, 3.8) is 0 Å². The van der Waals surface area contributed by atoms with Crippen molar-refractivity contribution in [3.05, 3.63) is 35.9 Å². The number of rotatable bonds is 7. The van der Waals surface area contributed by atoms with Gasteiger partial charge in [-0.2, -0.15) is 0 Å². The Morgan fingerprint density at radius 2 is 1.73 bits per heavy atom. The third-order valence-electron chi connectivity index (χ3n) is 3.60. The fraction of sp³-hybridized carbons (Fsp3) is 0.500. The van der Waals surface area contributed by atoms with Crippen molar-refractivity contribution in [2.75, 3.05) is 6.54 Å². The Hall–Kier alpha value is -3.21. The summed E-state index contributed by atoms with van der Waals surface area (Å²) < 4.78 is 15.5. The Labute approximate surface area is 177 Å². The monoisotopic (exact) mass is 418 g/mol. The quantitative estimate of drug-likeness (QED) is 0.401. The van der Waals surface area contributed by atoms with Gasteiger partial charge in [0, 0.05) is 13.3 Å². The summed E-state index contributed by atoms with van der Waals surface area (Å²) in [6, 6.07) is 8.75. The van der Waals surface area contributed by atoms with Crippen molar-refractivity contribution < 1.29 is 28.6 Å². The minimum absolute atomic E-state index is 0.0781. The molecular weight excluding hydrogens is 388 g/mol. The molecule has 0 saturated heterocycles. The molecule has 164 valence electrons. The molecule has 0 heterocycles. The zero-order valence-corrected chi connectivity index (χ0v) is 18.1. The highest BCUT2D eigenvalue weighted by atomic mass is 16.6. The Morgan fingerprint density at radius 1 is 1.07 bits per heavy atom. The van der Waals surface area contributed by atoms with Gasteiger partial charge in [0.05, 0.1) is 12.6 Å². The number of nitrogens with one attached hydrogen (secondary N) is 2. The molecule has 30 heavy (non-hydrogen) atoms. The van der Waals surface area contributed by atoms with Gasteiger partial charge in [-0.05, 0) is 33.3 Å². The van der Waals surface area contributed by atoms with E-state index in [1.165, 1.54) is 6.92 Å². The van der Waals surface area contributed by atoms with Crippen LogP contribution in [0.15, 0.2) is 30.3 Å². The van der Waals surface area contributed by atoms with Crippen LogP contribution in [-0.2, 0) is 25.6 Å². The number of carbonyl (C=O) groups is 3. The van der Waals surface area contributed by atoms with E-state index in [4.69, 9.17) is 14.2 Å². The molecule has 8 heteroatoms. The average molecular weight is 418 g/mol. The average Bonchev–Trinajstić information content (AvgIpc) is 2.64. The summed E-state index contributed by atoms with van der Waals surface area (Å²) >= 11 is 0. The first-order valence-corrected chi connectivity index (χ1v) is 9.64. The van der Waals surface area contributed by atoms with Gasteiger partial charge in [0.1, 0.15) is 18.3 Å². The Kier molecular flexibility index (Phi) is 10.2. The minimum Gasteiger partial charge on any atom is -0.461 e. The van der Waals surface area contributed by atoms with Crippen LogP contribution in [0.3, 0.4) is 0 Å².